The Bertz CT molecular complexity index is 220. The third-order valence-corrected chi connectivity index (χ3v) is 3.43. The molecule has 0 aliphatic carbocycles. The minimum absolute atomic E-state index is 0.227. The van der Waals surface area contributed by atoms with Crippen LogP contribution in [0.2, 0.25) is 0 Å². The van der Waals surface area contributed by atoms with Crippen molar-refractivity contribution >= 4 is 5.91 Å². The lowest BCUT2D eigenvalue weighted by Gasteiger charge is -2.21. The van der Waals surface area contributed by atoms with Gasteiger partial charge in [-0.1, -0.05) is 13.3 Å². The molecule has 2 N–H and O–H groups in total. The fraction of sp³-hybridized carbons (Fsp3) is 0.917. The zero-order valence-electron chi connectivity index (χ0n) is 10.6. The minimum Gasteiger partial charge on any atom is -0.345 e. The van der Waals surface area contributed by atoms with Crippen molar-refractivity contribution in [1.82, 2.24) is 9.80 Å². The molecule has 16 heavy (non-hydrogen) atoms. The van der Waals surface area contributed by atoms with Gasteiger partial charge < -0.3 is 10.6 Å². The number of likely N-dealkylation sites (N-methyl/N-ethyl adjacent to an activating group) is 1. The van der Waals surface area contributed by atoms with Gasteiger partial charge in [0.25, 0.3) is 0 Å². The van der Waals surface area contributed by atoms with Gasteiger partial charge in [-0.3, -0.25) is 9.69 Å². The molecule has 1 aliphatic rings. The molecule has 0 aromatic rings. The van der Waals surface area contributed by atoms with Gasteiger partial charge in [-0.05, 0) is 31.8 Å². The summed E-state index contributed by atoms with van der Waals surface area (Å²) in [5, 5.41) is 0. The average molecular weight is 227 g/mol. The summed E-state index contributed by atoms with van der Waals surface area (Å²) in [4.78, 5) is 15.9. The molecule has 0 saturated carbocycles. The number of carbonyl (C=O) groups is 1. The molecule has 94 valence electrons. The third kappa shape index (κ3) is 4.10. The minimum atomic E-state index is 0.227. The van der Waals surface area contributed by atoms with Crippen molar-refractivity contribution in [2.45, 2.75) is 26.2 Å². The highest BCUT2D eigenvalue weighted by molar-refractivity contribution is 5.78. The quantitative estimate of drug-likeness (QED) is 0.720. The molecule has 1 atom stereocenters. The predicted molar refractivity (Wildman–Crippen MR) is 66.1 cm³/mol. The van der Waals surface area contributed by atoms with Gasteiger partial charge in [0, 0.05) is 20.1 Å². The maximum atomic E-state index is 11.8. The van der Waals surface area contributed by atoms with E-state index in [4.69, 9.17) is 5.73 Å². The number of amides is 1. The summed E-state index contributed by atoms with van der Waals surface area (Å²) in [6, 6.07) is 0. The summed E-state index contributed by atoms with van der Waals surface area (Å²) in [7, 11) is 1.87. The molecule has 0 bridgehead atoms. The molecule has 0 spiro atoms. The summed E-state index contributed by atoms with van der Waals surface area (Å²) >= 11 is 0. The SMILES string of the molecule is CCC1CCN(CC(=O)N(C)CCCN)C1. The maximum absolute atomic E-state index is 11.8. The number of hydrogen-bond donors (Lipinski definition) is 1. The first-order chi connectivity index (χ1) is 7.67. The Morgan fingerprint density at radius 3 is 2.88 bits per heavy atom. The van der Waals surface area contributed by atoms with E-state index in [0.717, 1.165) is 32.0 Å². The summed E-state index contributed by atoms with van der Waals surface area (Å²) < 4.78 is 0. The van der Waals surface area contributed by atoms with Crippen molar-refractivity contribution < 1.29 is 4.79 Å². The van der Waals surface area contributed by atoms with E-state index in [0.29, 0.717) is 13.1 Å². The van der Waals surface area contributed by atoms with Crippen molar-refractivity contribution in [2.24, 2.45) is 11.7 Å². The second kappa shape index (κ2) is 6.86. The maximum Gasteiger partial charge on any atom is 0.236 e. The molecule has 0 aromatic carbocycles. The fourth-order valence-electron chi connectivity index (χ4n) is 2.15. The van der Waals surface area contributed by atoms with Crippen molar-refractivity contribution in [3.8, 4) is 0 Å². The van der Waals surface area contributed by atoms with Crippen LogP contribution >= 0.6 is 0 Å². The van der Waals surface area contributed by atoms with E-state index >= 15 is 0 Å². The van der Waals surface area contributed by atoms with E-state index < -0.39 is 0 Å². The summed E-state index contributed by atoms with van der Waals surface area (Å²) in [6.45, 7) is 6.41. The van der Waals surface area contributed by atoms with Crippen molar-refractivity contribution in [3.63, 3.8) is 0 Å². The molecule has 1 aliphatic heterocycles. The Labute approximate surface area is 98.8 Å². The highest BCUT2D eigenvalue weighted by atomic mass is 16.2. The normalized spacial score (nSPS) is 21.3. The molecular formula is C12H25N3O. The van der Waals surface area contributed by atoms with E-state index in [9.17, 15) is 4.79 Å². The second-order valence-electron chi connectivity index (χ2n) is 4.76. The number of hydrogen-bond acceptors (Lipinski definition) is 3. The van der Waals surface area contributed by atoms with Crippen LogP contribution < -0.4 is 5.73 Å². The van der Waals surface area contributed by atoms with Crippen LogP contribution in [0.1, 0.15) is 26.2 Å². The zero-order valence-corrected chi connectivity index (χ0v) is 10.6. The van der Waals surface area contributed by atoms with Gasteiger partial charge >= 0.3 is 0 Å². The van der Waals surface area contributed by atoms with Gasteiger partial charge in [0.05, 0.1) is 6.54 Å². The molecule has 0 aromatic heterocycles. The van der Waals surface area contributed by atoms with Crippen LogP contribution in [-0.4, -0.2) is 55.5 Å². The summed E-state index contributed by atoms with van der Waals surface area (Å²) in [6.07, 6.45) is 3.36. The van der Waals surface area contributed by atoms with E-state index in [1.54, 1.807) is 4.90 Å². The first-order valence-corrected chi connectivity index (χ1v) is 6.33. The Morgan fingerprint density at radius 2 is 2.31 bits per heavy atom. The van der Waals surface area contributed by atoms with Crippen molar-refractivity contribution in [2.75, 3.05) is 39.8 Å². The molecular weight excluding hydrogens is 202 g/mol. The number of nitrogens with zero attached hydrogens (tertiary/aromatic N) is 2. The van der Waals surface area contributed by atoms with E-state index in [1.807, 2.05) is 7.05 Å². The molecule has 1 saturated heterocycles. The van der Waals surface area contributed by atoms with Gasteiger partial charge in [-0.15, -0.1) is 0 Å². The molecule has 1 rings (SSSR count). The number of likely N-dealkylation sites (tertiary alicyclic amines) is 1. The Balaban J connectivity index is 2.23. The van der Waals surface area contributed by atoms with Gasteiger partial charge in [0.1, 0.15) is 0 Å². The Hall–Kier alpha value is -0.610. The van der Waals surface area contributed by atoms with Crippen LogP contribution in [0, 0.1) is 5.92 Å². The van der Waals surface area contributed by atoms with Gasteiger partial charge in [0.2, 0.25) is 5.91 Å². The van der Waals surface area contributed by atoms with Crippen LogP contribution in [0.4, 0.5) is 0 Å². The van der Waals surface area contributed by atoms with Gasteiger partial charge in [-0.25, -0.2) is 0 Å². The Morgan fingerprint density at radius 1 is 1.56 bits per heavy atom. The fourth-order valence-corrected chi connectivity index (χ4v) is 2.15. The number of carbonyl (C=O) groups excluding carboxylic acids is 1. The van der Waals surface area contributed by atoms with E-state index in [-0.39, 0.29) is 5.91 Å². The van der Waals surface area contributed by atoms with Crippen LogP contribution in [0.5, 0.6) is 0 Å². The molecule has 1 heterocycles. The van der Waals surface area contributed by atoms with Gasteiger partial charge in [-0.2, -0.15) is 0 Å². The average Bonchev–Trinajstić information content (AvgIpc) is 2.73. The number of nitrogens with two attached hydrogens (primary N) is 1. The largest absolute Gasteiger partial charge is 0.345 e. The van der Waals surface area contributed by atoms with Gasteiger partial charge in [0.15, 0.2) is 0 Å². The standard InChI is InChI=1S/C12H25N3O/c1-3-11-5-8-15(9-11)10-12(16)14(2)7-4-6-13/h11H,3-10,13H2,1-2H3. The molecule has 4 heteroatoms. The number of rotatable bonds is 6. The molecule has 4 nitrogen and oxygen atoms in total. The van der Waals surface area contributed by atoms with Crippen LogP contribution in [0.25, 0.3) is 0 Å². The first-order valence-electron chi connectivity index (χ1n) is 6.33. The highest BCUT2D eigenvalue weighted by Gasteiger charge is 2.23. The summed E-state index contributed by atoms with van der Waals surface area (Å²) in [5.74, 6) is 1.02. The molecule has 1 unspecified atom stereocenters. The van der Waals surface area contributed by atoms with Crippen molar-refractivity contribution in [3.05, 3.63) is 0 Å². The second-order valence-corrected chi connectivity index (χ2v) is 4.76. The monoisotopic (exact) mass is 227 g/mol. The lowest BCUT2D eigenvalue weighted by molar-refractivity contribution is -0.130. The molecule has 1 fully saturated rings. The van der Waals surface area contributed by atoms with Crippen molar-refractivity contribution in [1.29, 1.82) is 0 Å². The lowest BCUT2D eigenvalue weighted by atomic mass is 10.1. The lowest BCUT2D eigenvalue weighted by Crippen LogP contribution is -2.38. The predicted octanol–water partition coefficient (Wildman–Crippen LogP) is 0.526. The first kappa shape index (κ1) is 13.5. The van der Waals surface area contributed by atoms with Crippen LogP contribution in [0.3, 0.4) is 0 Å². The van der Waals surface area contributed by atoms with Crippen LogP contribution in [0.15, 0.2) is 0 Å². The summed E-state index contributed by atoms with van der Waals surface area (Å²) in [5.41, 5.74) is 5.43. The molecule has 0 radical (unpaired) electrons. The Kier molecular flexibility index (Phi) is 5.77. The zero-order chi connectivity index (χ0) is 12.0. The molecule has 1 amide bonds. The highest BCUT2D eigenvalue weighted by Crippen LogP contribution is 2.18. The topological polar surface area (TPSA) is 49.6 Å². The van der Waals surface area contributed by atoms with E-state index in [2.05, 4.69) is 11.8 Å². The van der Waals surface area contributed by atoms with E-state index in [1.165, 1.54) is 12.8 Å². The third-order valence-electron chi connectivity index (χ3n) is 3.43. The smallest absolute Gasteiger partial charge is 0.236 e. The van der Waals surface area contributed by atoms with Crippen LogP contribution in [-0.2, 0) is 4.79 Å².